The molecule has 0 spiro atoms. The number of hydrogen-bond donors (Lipinski definition) is 1. The maximum Gasteiger partial charge on any atom is 0.220 e. The molecule has 4 bridgehead atoms. The quantitative estimate of drug-likeness (QED) is 0.888. The molecule has 0 aromatic carbocycles. The van der Waals surface area contributed by atoms with Crippen LogP contribution in [0.5, 0.6) is 0 Å². The molecule has 5 fully saturated rings. The smallest absolute Gasteiger partial charge is 0.220 e. The molecule has 1 amide bonds. The lowest BCUT2D eigenvalue weighted by Gasteiger charge is -2.56. The number of nitrogens with one attached hydrogen (secondary N) is 1. The Morgan fingerprint density at radius 2 is 1.80 bits per heavy atom. The van der Waals surface area contributed by atoms with Gasteiger partial charge in [0.25, 0.3) is 0 Å². The second kappa shape index (κ2) is 6.26. The van der Waals surface area contributed by atoms with Crippen molar-refractivity contribution in [3.8, 4) is 0 Å². The van der Waals surface area contributed by atoms with E-state index in [4.69, 9.17) is 0 Å². The average Bonchev–Trinajstić information content (AvgIpc) is 3.08. The van der Waals surface area contributed by atoms with E-state index in [1.165, 1.54) is 38.5 Å². The molecular formula is C20H29N3OS. The zero-order chi connectivity index (χ0) is 16.9. The van der Waals surface area contributed by atoms with Crippen LogP contribution in [0, 0.1) is 23.2 Å². The Balaban J connectivity index is 1.14. The molecule has 0 atom stereocenters. The molecule has 1 aliphatic heterocycles. The first-order valence-electron chi connectivity index (χ1n) is 10.1. The van der Waals surface area contributed by atoms with Crippen LogP contribution in [0.4, 0.5) is 5.13 Å². The lowest BCUT2D eigenvalue weighted by atomic mass is 9.49. The highest BCUT2D eigenvalue weighted by molar-refractivity contribution is 7.13. The molecule has 6 rings (SSSR count). The van der Waals surface area contributed by atoms with Crippen molar-refractivity contribution >= 4 is 22.4 Å². The van der Waals surface area contributed by atoms with E-state index in [-0.39, 0.29) is 0 Å². The van der Waals surface area contributed by atoms with E-state index in [1.807, 2.05) is 11.6 Å². The molecule has 5 aliphatic rings. The van der Waals surface area contributed by atoms with Crippen LogP contribution < -0.4 is 10.2 Å². The van der Waals surface area contributed by atoms with Crippen LogP contribution in [0.1, 0.15) is 57.8 Å². The van der Waals surface area contributed by atoms with Crippen LogP contribution >= 0.6 is 11.3 Å². The van der Waals surface area contributed by atoms with E-state index in [1.54, 1.807) is 11.3 Å². The van der Waals surface area contributed by atoms with E-state index in [0.29, 0.717) is 17.4 Å². The van der Waals surface area contributed by atoms with Gasteiger partial charge in [-0.1, -0.05) is 0 Å². The van der Waals surface area contributed by atoms with Gasteiger partial charge in [0.1, 0.15) is 0 Å². The summed E-state index contributed by atoms with van der Waals surface area (Å²) in [7, 11) is 0. The van der Waals surface area contributed by atoms with Crippen molar-refractivity contribution < 1.29 is 4.79 Å². The van der Waals surface area contributed by atoms with E-state index in [0.717, 1.165) is 55.2 Å². The average molecular weight is 360 g/mol. The first-order chi connectivity index (χ1) is 12.2. The summed E-state index contributed by atoms with van der Waals surface area (Å²) in [6.45, 7) is 2.02. The van der Waals surface area contributed by atoms with E-state index in [9.17, 15) is 4.79 Å². The normalized spacial score (nSPS) is 37.4. The van der Waals surface area contributed by atoms with Crippen molar-refractivity contribution in [3.63, 3.8) is 0 Å². The van der Waals surface area contributed by atoms with Crippen LogP contribution in [0.3, 0.4) is 0 Å². The highest BCUT2D eigenvalue weighted by Gasteiger charge is 2.51. The van der Waals surface area contributed by atoms with Gasteiger partial charge in [-0.05, 0) is 74.5 Å². The van der Waals surface area contributed by atoms with Crippen LogP contribution in [-0.4, -0.2) is 30.0 Å². The molecule has 4 saturated carbocycles. The minimum Gasteiger partial charge on any atom is -0.353 e. The Morgan fingerprint density at radius 1 is 1.16 bits per heavy atom. The number of carbonyl (C=O) groups excluding carboxylic acids is 1. The summed E-state index contributed by atoms with van der Waals surface area (Å²) in [6.07, 6.45) is 13.1. The van der Waals surface area contributed by atoms with Gasteiger partial charge in [-0.2, -0.15) is 0 Å². The molecule has 1 aromatic heterocycles. The molecule has 4 nitrogen and oxygen atoms in total. The number of nitrogens with zero attached hydrogens (tertiary/aromatic N) is 2. The fourth-order valence-corrected chi connectivity index (χ4v) is 7.41. The van der Waals surface area contributed by atoms with Gasteiger partial charge in [0.15, 0.2) is 5.13 Å². The summed E-state index contributed by atoms with van der Waals surface area (Å²) >= 11 is 1.71. The number of aromatic nitrogens is 1. The summed E-state index contributed by atoms with van der Waals surface area (Å²) in [5, 5.41) is 6.54. The standard InChI is InChI=1S/C20H29N3OS/c24-18(13-20-10-14-7-15(11-20)9-16(8-14)12-20)22-17-1-4-23(5-2-17)19-21-3-6-25-19/h3,6,14-17H,1-2,4-5,7-13H2,(H,22,24). The van der Waals surface area contributed by atoms with Gasteiger partial charge in [-0.15, -0.1) is 11.3 Å². The zero-order valence-electron chi connectivity index (χ0n) is 15.0. The molecule has 25 heavy (non-hydrogen) atoms. The monoisotopic (exact) mass is 359 g/mol. The van der Waals surface area contributed by atoms with Crippen LogP contribution in [0.25, 0.3) is 0 Å². The molecule has 0 unspecified atom stereocenters. The summed E-state index contributed by atoms with van der Waals surface area (Å²) in [4.78, 5) is 19.5. The number of amides is 1. The third kappa shape index (κ3) is 3.20. The number of rotatable bonds is 4. The Morgan fingerprint density at radius 3 is 2.36 bits per heavy atom. The third-order valence-electron chi connectivity index (χ3n) is 7.25. The van der Waals surface area contributed by atoms with Crippen LogP contribution in [0.2, 0.25) is 0 Å². The van der Waals surface area contributed by atoms with Crippen molar-refractivity contribution in [1.82, 2.24) is 10.3 Å². The minimum absolute atomic E-state index is 0.328. The van der Waals surface area contributed by atoms with Crippen molar-refractivity contribution in [2.75, 3.05) is 18.0 Å². The van der Waals surface area contributed by atoms with Crippen LogP contribution in [0.15, 0.2) is 11.6 Å². The van der Waals surface area contributed by atoms with Crippen molar-refractivity contribution in [3.05, 3.63) is 11.6 Å². The number of carbonyl (C=O) groups is 1. The fraction of sp³-hybridized carbons (Fsp3) is 0.800. The second-order valence-corrected chi connectivity index (χ2v) is 10.1. The Labute approximate surface area is 154 Å². The van der Waals surface area contributed by atoms with Crippen molar-refractivity contribution in [2.45, 2.75) is 63.8 Å². The molecule has 1 N–H and O–H groups in total. The summed E-state index contributed by atoms with van der Waals surface area (Å²) < 4.78 is 0. The molecule has 0 radical (unpaired) electrons. The molecule has 1 aromatic rings. The summed E-state index contributed by atoms with van der Waals surface area (Å²) in [6, 6.07) is 0.359. The Kier molecular flexibility index (Phi) is 4.03. The van der Waals surface area contributed by atoms with Crippen LogP contribution in [-0.2, 0) is 4.79 Å². The number of hydrogen-bond acceptors (Lipinski definition) is 4. The number of piperidine rings is 1. The van der Waals surface area contributed by atoms with Gasteiger partial charge in [-0.25, -0.2) is 4.98 Å². The van der Waals surface area contributed by atoms with Gasteiger partial charge in [0.05, 0.1) is 0 Å². The van der Waals surface area contributed by atoms with Crippen molar-refractivity contribution in [2.24, 2.45) is 23.2 Å². The number of thiazole rings is 1. The SMILES string of the molecule is O=C(CC12CC3CC(CC(C3)C1)C2)NC1CCN(c2nccs2)CC1. The van der Waals surface area contributed by atoms with Crippen molar-refractivity contribution in [1.29, 1.82) is 0 Å². The molecule has 136 valence electrons. The summed E-state index contributed by atoms with van der Waals surface area (Å²) in [5.41, 5.74) is 0.362. The molecule has 4 aliphatic carbocycles. The van der Waals surface area contributed by atoms with Gasteiger partial charge < -0.3 is 10.2 Å². The van der Waals surface area contributed by atoms with Gasteiger partial charge in [-0.3, -0.25) is 4.79 Å². The van der Waals surface area contributed by atoms with Gasteiger partial charge >= 0.3 is 0 Å². The topological polar surface area (TPSA) is 45.2 Å². The second-order valence-electron chi connectivity index (χ2n) is 9.24. The van der Waals surface area contributed by atoms with Gasteiger partial charge in [0.2, 0.25) is 5.91 Å². The molecular weight excluding hydrogens is 330 g/mol. The lowest BCUT2D eigenvalue weighted by Crippen LogP contribution is -2.50. The van der Waals surface area contributed by atoms with Gasteiger partial charge in [0, 0.05) is 37.1 Å². The summed E-state index contributed by atoms with van der Waals surface area (Å²) in [5.74, 6) is 3.12. The fourth-order valence-electron chi connectivity index (χ4n) is 6.71. The zero-order valence-corrected chi connectivity index (χ0v) is 15.8. The molecule has 5 heteroatoms. The third-order valence-corrected chi connectivity index (χ3v) is 8.08. The maximum atomic E-state index is 12.8. The Hall–Kier alpha value is -1.10. The van der Waals surface area contributed by atoms with E-state index < -0.39 is 0 Å². The maximum absolute atomic E-state index is 12.8. The molecule has 1 saturated heterocycles. The number of anilines is 1. The molecule has 2 heterocycles. The lowest BCUT2D eigenvalue weighted by molar-refractivity contribution is -0.130. The van der Waals surface area contributed by atoms with E-state index in [2.05, 4.69) is 15.2 Å². The minimum atomic E-state index is 0.328. The highest BCUT2D eigenvalue weighted by atomic mass is 32.1. The largest absolute Gasteiger partial charge is 0.353 e. The van der Waals surface area contributed by atoms with E-state index >= 15 is 0 Å². The first kappa shape index (κ1) is 16.1. The predicted molar refractivity (Wildman–Crippen MR) is 101 cm³/mol. The predicted octanol–water partition coefficient (Wildman–Crippen LogP) is 3.83. The first-order valence-corrected chi connectivity index (χ1v) is 11.0. The Bertz CT molecular complexity index is 586. The highest BCUT2D eigenvalue weighted by Crippen LogP contribution is 2.61.